The maximum atomic E-state index is 12.9. The van der Waals surface area contributed by atoms with Gasteiger partial charge in [0.05, 0.1) is 10.5 Å². The van der Waals surface area contributed by atoms with E-state index in [1.807, 2.05) is 19.2 Å². The second-order valence-corrected chi connectivity index (χ2v) is 8.79. The molecule has 1 fully saturated rings. The molecule has 28 heavy (non-hydrogen) atoms. The van der Waals surface area contributed by atoms with Crippen molar-refractivity contribution in [3.63, 3.8) is 0 Å². The number of hydrogen-bond acceptors (Lipinski definition) is 7. The molecule has 0 aliphatic carbocycles. The fraction of sp³-hybridized carbons (Fsp3) is 0.278. The topological polar surface area (TPSA) is 130 Å². The zero-order chi connectivity index (χ0) is 20.5. The molecule has 1 saturated heterocycles. The van der Waals surface area contributed by atoms with E-state index in [9.17, 15) is 18.9 Å². The Hall–Kier alpha value is -2.76. The van der Waals surface area contributed by atoms with Gasteiger partial charge in [0.1, 0.15) is 28.2 Å². The molecule has 10 heteroatoms. The number of H-pyrrole nitrogens is 1. The highest BCUT2D eigenvalue weighted by Crippen LogP contribution is 2.31. The van der Waals surface area contributed by atoms with E-state index < -0.39 is 10.0 Å². The number of nitrogens with one attached hydrogen (secondary N) is 1. The number of aromatic nitrogens is 1. The molecule has 8 nitrogen and oxygen atoms in total. The van der Waals surface area contributed by atoms with Gasteiger partial charge in [-0.3, -0.25) is 0 Å². The van der Waals surface area contributed by atoms with Crippen molar-refractivity contribution >= 4 is 28.1 Å². The van der Waals surface area contributed by atoms with Crippen LogP contribution < -0.4 is 5.73 Å². The first-order chi connectivity index (χ1) is 13.3. The summed E-state index contributed by atoms with van der Waals surface area (Å²) in [4.78, 5) is 4.88. The smallest absolute Gasteiger partial charge is 0.243 e. The number of nitrogen functional groups attached to an aromatic ring is 1. The van der Waals surface area contributed by atoms with Crippen molar-refractivity contribution in [2.75, 3.05) is 39.0 Å². The number of rotatable bonds is 3. The quantitative estimate of drug-likeness (QED) is 0.731. The predicted octanol–water partition coefficient (Wildman–Crippen LogP) is 1.67. The lowest BCUT2D eigenvalue weighted by molar-refractivity contribution is 0.222. The van der Waals surface area contributed by atoms with Crippen LogP contribution in [0.1, 0.15) is 11.1 Å². The van der Waals surface area contributed by atoms with E-state index in [0.29, 0.717) is 37.3 Å². The molecule has 1 aromatic carbocycles. The molecule has 1 aliphatic heterocycles. The Morgan fingerprint density at radius 2 is 1.64 bits per heavy atom. The number of nitrogens with two attached hydrogens (primary N) is 1. The molecule has 2 heterocycles. The lowest BCUT2D eigenvalue weighted by Crippen LogP contribution is -2.46. The van der Waals surface area contributed by atoms with Crippen LogP contribution in [0.2, 0.25) is 0 Å². The molecule has 2 aromatic rings. The van der Waals surface area contributed by atoms with Crippen LogP contribution in [-0.2, 0) is 10.0 Å². The molecule has 3 rings (SSSR count). The molecule has 144 valence electrons. The number of likely N-dealkylation sites (N-methyl/N-ethyl adjacent to an activating group) is 1. The van der Waals surface area contributed by atoms with E-state index in [-0.39, 0.29) is 26.5 Å². The molecule has 0 unspecified atom stereocenters. The number of benzene rings is 1. The summed E-state index contributed by atoms with van der Waals surface area (Å²) in [7, 11) is -1.65. The van der Waals surface area contributed by atoms with Gasteiger partial charge in [0, 0.05) is 31.7 Å². The zero-order valence-corrected chi connectivity index (χ0v) is 16.8. The number of hydrogen-bond donors (Lipinski definition) is 2. The maximum absolute atomic E-state index is 12.9. The minimum absolute atomic E-state index is 0.0654. The Labute approximate surface area is 168 Å². The normalized spacial score (nSPS) is 15.7. The van der Waals surface area contributed by atoms with Crippen molar-refractivity contribution in [3.05, 3.63) is 40.0 Å². The van der Waals surface area contributed by atoms with E-state index in [4.69, 9.17) is 18.0 Å². The Bertz CT molecular complexity index is 1150. The number of anilines is 1. The Morgan fingerprint density at radius 3 is 2.18 bits per heavy atom. The van der Waals surface area contributed by atoms with Gasteiger partial charge in [0.25, 0.3) is 0 Å². The van der Waals surface area contributed by atoms with Crippen molar-refractivity contribution in [2.45, 2.75) is 4.90 Å². The number of aromatic amines is 1. The number of pyridine rings is 1. The molecular weight excluding hydrogens is 396 g/mol. The van der Waals surface area contributed by atoms with Crippen molar-refractivity contribution in [1.82, 2.24) is 14.2 Å². The van der Waals surface area contributed by atoms with E-state index in [1.165, 1.54) is 16.4 Å². The molecule has 1 aromatic heterocycles. The summed E-state index contributed by atoms with van der Waals surface area (Å²) >= 11 is 5.14. The summed E-state index contributed by atoms with van der Waals surface area (Å²) in [6.45, 7) is 2.22. The third kappa shape index (κ3) is 3.51. The average Bonchev–Trinajstić information content (AvgIpc) is 2.68. The van der Waals surface area contributed by atoms with Gasteiger partial charge in [0.2, 0.25) is 10.0 Å². The predicted molar refractivity (Wildman–Crippen MR) is 107 cm³/mol. The fourth-order valence-corrected chi connectivity index (χ4v) is 4.78. The van der Waals surface area contributed by atoms with Crippen LogP contribution in [0.15, 0.2) is 29.2 Å². The maximum Gasteiger partial charge on any atom is 0.243 e. The standard InChI is InChI=1S/C18H18N6O2S2/c1-23-6-8-24(9-7-23)28(25,26)13-4-2-12(3-5-13)16-14(10-19)17(21)22-18(27)15(16)11-20/h2-5H,6-9H2,1H3,(H3,21,22,27). The van der Waals surface area contributed by atoms with E-state index >= 15 is 0 Å². The lowest BCUT2D eigenvalue weighted by atomic mass is 9.97. The molecule has 3 N–H and O–H groups in total. The van der Waals surface area contributed by atoms with Crippen molar-refractivity contribution in [2.24, 2.45) is 0 Å². The third-order valence-electron chi connectivity index (χ3n) is 4.71. The van der Waals surface area contributed by atoms with Crippen LogP contribution in [0.5, 0.6) is 0 Å². The number of nitrogens with zero attached hydrogens (tertiary/aromatic N) is 4. The van der Waals surface area contributed by atoms with Crippen LogP contribution in [-0.4, -0.2) is 55.8 Å². The summed E-state index contributed by atoms with van der Waals surface area (Å²) in [6.07, 6.45) is 0. The Balaban J connectivity index is 2.04. The van der Waals surface area contributed by atoms with Gasteiger partial charge in [-0.1, -0.05) is 24.4 Å². The van der Waals surface area contributed by atoms with Crippen LogP contribution in [0, 0.1) is 27.3 Å². The second-order valence-electron chi connectivity index (χ2n) is 6.45. The van der Waals surface area contributed by atoms with Gasteiger partial charge < -0.3 is 15.6 Å². The van der Waals surface area contributed by atoms with Gasteiger partial charge >= 0.3 is 0 Å². The number of sulfonamides is 1. The van der Waals surface area contributed by atoms with Crippen LogP contribution in [0.4, 0.5) is 5.82 Å². The minimum Gasteiger partial charge on any atom is -0.384 e. The summed E-state index contributed by atoms with van der Waals surface area (Å²) in [5, 5.41) is 18.9. The van der Waals surface area contributed by atoms with Crippen LogP contribution in [0.3, 0.4) is 0 Å². The zero-order valence-electron chi connectivity index (χ0n) is 15.1. The van der Waals surface area contributed by atoms with Crippen molar-refractivity contribution in [1.29, 1.82) is 10.5 Å². The summed E-state index contributed by atoms with van der Waals surface area (Å²) < 4.78 is 27.3. The molecule has 0 radical (unpaired) electrons. The number of piperazine rings is 1. The number of nitriles is 2. The molecular formula is C18H18N6O2S2. The second kappa shape index (κ2) is 7.70. The highest BCUT2D eigenvalue weighted by molar-refractivity contribution is 7.89. The summed E-state index contributed by atoms with van der Waals surface area (Å²) in [5.74, 6) is 0.0654. The van der Waals surface area contributed by atoms with Crippen molar-refractivity contribution < 1.29 is 8.42 Å². The van der Waals surface area contributed by atoms with E-state index in [2.05, 4.69) is 9.88 Å². The molecule has 0 atom stereocenters. The van der Waals surface area contributed by atoms with Gasteiger partial charge in [-0.15, -0.1) is 0 Å². The first kappa shape index (κ1) is 20.0. The van der Waals surface area contributed by atoms with Crippen molar-refractivity contribution in [3.8, 4) is 23.3 Å². The van der Waals surface area contributed by atoms with E-state index in [0.717, 1.165) is 0 Å². The highest BCUT2D eigenvalue weighted by atomic mass is 32.2. The first-order valence-electron chi connectivity index (χ1n) is 8.44. The van der Waals surface area contributed by atoms with Gasteiger partial charge in [-0.2, -0.15) is 14.8 Å². The first-order valence-corrected chi connectivity index (χ1v) is 10.3. The summed E-state index contributed by atoms with van der Waals surface area (Å²) in [5.41, 5.74) is 6.86. The molecule has 0 amide bonds. The van der Waals surface area contributed by atoms with E-state index in [1.54, 1.807) is 12.1 Å². The molecule has 0 spiro atoms. The lowest BCUT2D eigenvalue weighted by Gasteiger charge is -2.31. The molecule has 1 aliphatic rings. The fourth-order valence-electron chi connectivity index (χ4n) is 3.10. The van der Waals surface area contributed by atoms with Crippen LogP contribution >= 0.6 is 12.2 Å². The van der Waals surface area contributed by atoms with Gasteiger partial charge in [-0.05, 0) is 24.7 Å². The largest absolute Gasteiger partial charge is 0.384 e. The third-order valence-corrected chi connectivity index (χ3v) is 6.93. The van der Waals surface area contributed by atoms with Gasteiger partial charge in [-0.25, -0.2) is 8.42 Å². The Morgan fingerprint density at radius 1 is 1.07 bits per heavy atom. The molecule has 0 bridgehead atoms. The Kier molecular flexibility index (Phi) is 5.49. The summed E-state index contributed by atoms with van der Waals surface area (Å²) in [6, 6.07) is 10.0. The average molecular weight is 415 g/mol. The SMILES string of the molecule is CN1CCN(S(=O)(=O)c2ccc(-c3c(C#N)c(N)[nH]c(=S)c3C#N)cc2)CC1. The highest BCUT2D eigenvalue weighted by Gasteiger charge is 2.27. The van der Waals surface area contributed by atoms with Gasteiger partial charge in [0.15, 0.2) is 0 Å². The minimum atomic E-state index is -3.61. The van der Waals surface area contributed by atoms with Crippen LogP contribution in [0.25, 0.3) is 11.1 Å². The molecule has 0 saturated carbocycles. The monoisotopic (exact) mass is 414 g/mol.